The Hall–Kier alpha value is -2.08. The van der Waals surface area contributed by atoms with E-state index in [2.05, 4.69) is 11.8 Å². The van der Waals surface area contributed by atoms with Crippen LogP contribution >= 0.6 is 0 Å². The van der Waals surface area contributed by atoms with Gasteiger partial charge in [-0.1, -0.05) is 12.1 Å². The third-order valence-corrected chi connectivity index (χ3v) is 5.28. The van der Waals surface area contributed by atoms with Gasteiger partial charge in [-0.25, -0.2) is 0 Å². The first-order valence-corrected chi connectivity index (χ1v) is 9.15. The number of likely N-dealkylation sites (tertiary alicyclic amines) is 1. The van der Waals surface area contributed by atoms with E-state index < -0.39 is 0 Å². The van der Waals surface area contributed by atoms with E-state index in [4.69, 9.17) is 0 Å². The molecule has 6 heteroatoms. The molecule has 2 fully saturated rings. The Morgan fingerprint density at radius 1 is 1.08 bits per heavy atom. The minimum absolute atomic E-state index is 0.0178. The summed E-state index contributed by atoms with van der Waals surface area (Å²) in [4.78, 5) is 30.9. The lowest BCUT2D eigenvalue weighted by Crippen LogP contribution is -2.53. The van der Waals surface area contributed by atoms with Crippen molar-refractivity contribution in [3.8, 4) is 5.75 Å². The molecule has 0 saturated carbocycles. The number of nitrogens with zero attached hydrogens (tertiary/aromatic N) is 3. The van der Waals surface area contributed by atoms with Crippen LogP contribution in [0, 0.1) is 0 Å². The largest absolute Gasteiger partial charge is 0.507 e. The summed E-state index contributed by atoms with van der Waals surface area (Å²) >= 11 is 0. The molecule has 6 nitrogen and oxygen atoms in total. The molecule has 2 amide bonds. The molecule has 0 spiro atoms. The summed E-state index contributed by atoms with van der Waals surface area (Å²) < 4.78 is 0. The number of piperidine rings is 1. The number of benzene rings is 1. The van der Waals surface area contributed by atoms with Crippen molar-refractivity contribution in [2.75, 3.05) is 39.3 Å². The van der Waals surface area contributed by atoms with Crippen LogP contribution in [-0.2, 0) is 4.79 Å². The molecule has 0 aliphatic carbocycles. The highest BCUT2D eigenvalue weighted by Crippen LogP contribution is 2.19. The molecule has 2 heterocycles. The van der Waals surface area contributed by atoms with Crippen LogP contribution in [0.5, 0.6) is 5.75 Å². The normalized spacial score (nSPS) is 22.0. The molecule has 0 radical (unpaired) electrons. The van der Waals surface area contributed by atoms with E-state index in [-0.39, 0.29) is 17.6 Å². The van der Waals surface area contributed by atoms with Crippen molar-refractivity contribution in [1.29, 1.82) is 0 Å². The average Bonchev–Trinajstić information content (AvgIpc) is 2.62. The smallest absolute Gasteiger partial charge is 0.257 e. The van der Waals surface area contributed by atoms with E-state index in [0.717, 1.165) is 19.4 Å². The zero-order valence-corrected chi connectivity index (χ0v) is 14.9. The molecule has 136 valence electrons. The van der Waals surface area contributed by atoms with Crippen LogP contribution in [0.1, 0.15) is 36.5 Å². The number of carbonyl (C=O) groups is 2. The molecule has 25 heavy (non-hydrogen) atoms. The Morgan fingerprint density at radius 3 is 2.48 bits per heavy atom. The van der Waals surface area contributed by atoms with E-state index in [0.29, 0.717) is 44.3 Å². The number of aromatic hydroxyl groups is 1. The van der Waals surface area contributed by atoms with Crippen molar-refractivity contribution in [2.24, 2.45) is 0 Å². The number of hydrogen-bond donors (Lipinski definition) is 1. The highest BCUT2D eigenvalue weighted by atomic mass is 16.3. The molecule has 3 rings (SSSR count). The monoisotopic (exact) mass is 345 g/mol. The highest BCUT2D eigenvalue weighted by molar-refractivity contribution is 5.96. The lowest BCUT2D eigenvalue weighted by atomic mass is 10.0. The highest BCUT2D eigenvalue weighted by Gasteiger charge is 2.28. The van der Waals surface area contributed by atoms with Crippen molar-refractivity contribution in [3.63, 3.8) is 0 Å². The Morgan fingerprint density at radius 2 is 1.80 bits per heavy atom. The van der Waals surface area contributed by atoms with Gasteiger partial charge in [-0.2, -0.15) is 0 Å². The summed E-state index contributed by atoms with van der Waals surface area (Å²) in [6.45, 7) is 5.96. The Kier molecular flexibility index (Phi) is 5.58. The van der Waals surface area contributed by atoms with Crippen LogP contribution in [0.25, 0.3) is 0 Å². The summed E-state index contributed by atoms with van der Waals surface area (Å²) in [5.41, 5.74) is 0.342. The number of amides is 2. The fraction of sp³-hybridized carbons (Fsp3) is 0.579. The zero-order chi connectivity index (χ0) is 17.8. The third-order valence-electron chi connectivity index (χ3n) is 5.28. The number of piperazine rings is 1. The van der Waals surface area contributed by atoms with Gasteiger partial charge in [0.2, 0.25) is 5.91 Å². The van der Waals surface area contributed by atoms with Crippen molar-refractivity contribution < 1.29 is 14.7 Å². The fourth-order valence-corrected chi connectivity index (χ4v) is 3.68. The zero-order valence-electron chi connectivity index (χ0n) is 14.9. The topological polar surface area (TPSA) is 64.1 Å². The van der Waals surface area contributed by atoms with Gasteiger partial charge >= 0.3 is 0 Å². The average molecular weight is 345 g/mol. The van der Waals surface area contributed by atoms with Crippen LogP contribution in [-0.4, -0.2) is 76.9 Å². The van der Waals surface area contributed by atoms with Gasteiger partial charge < -0.3 is 14.9 Å². The van der Waals surface area contributed by atoms with E-state index in [1.165, 1.54) is 12.5 Å². The summed E-state index contributed by atoms with van der Waals surface area (Å²) in [5.74, 6) is 0.0746. The van der Waals surface area contributed by atoms with Crippen LogP contribution in [0.3, 0.4) is 0 Å². The molecule has 0 unspecified atom stereocenters. The second-order valence-electron chi connectivity index (χ2n) is 7.02. The first-order valence-electron chi connectivity index (χ1n) is 9.15. The molecule has 2 aliphatic heterocycles. The summed E-state index contributed by atoms with van der Waals surface area (Å²) in [7, 11) is 0. The second kappa shape index (κ2) is 7.87. The SMILES string of the molecule is C[C@@H]1CCCCN1C(=O)CN1CCN(C(=O)c2ccccc2O)CC1. The summed E-state index contributed by atoms with van der Waals surface area (Å²) in [6, 6.07) is 6.97. The Balaban J connectivity index is 1.51. The molecule has 1 N–H and O–H groups in total. The predicted molar refractivity (Wildman–Crippen MR) is 95.5 cm³/mol. The molecule has 1 atom stereocenters. The van der Waals surface area contributed by atoms with Crippen molar-refractivity contribution in [2.45, 2.75) is 32.2 Å². The molecule has 2 saturated heterocycles. The number of para-hydroxylation sites is 1. The lowest BCUT2D eigenvalue weighted by Gasteiger charge is -2.38. The van der Waals surface area contributed by atoms with Gasteiger partial charge in [0.15, 0.2) is 0 Å². The molecule has 1 aromatic carbocycles. The Labute approximate surface area is 149 Å². The number of hydrogen-bond acceptors (Lipinski definition) is 4. The van der Waals surface area contributed by atoms with Gasteiger partial charge in [-0.05, 0) is 38.3 Å². The van der Waals surface area contributed by atoms with E-state index in [9.17, 15) is 14.7 Å². The molecule has 0 bridgehead atoms. The van der Waals surface area contributed by atoms with E-state index >= 15 is 0 Å². The summed E-state index contributed by atoms with van der Waals surface area (Å²) in [6.07, 6.45) is 3.39. The maximum atomic E-state index is 12.5. The van der Waals surface area contributed by atoms with Gasteiger partial charge in [0.1, 0.15) is 5.75 Å². The molecule has 1 aromatic rings. The molecular weight excluding hydrogens is 318 g/mol. The van der Waals surface area contributed by atoms with Crippen LogP contribution < -0.4 is 0 Å². The standard InChI is InChI=1S/C19H27N3O3/c1-15-6-4-5-9-22(15)18(24)14-20-10-12-21(13-11-20)19(25)16-7-2-3-8-17(16)23/h2-3,7-8,15,23H,4-6,9-14H2,1H3/t15-/m1/s1. The first kappa shape index (κ1) is 17.7. The Bertz CT molecular complexity index is 626. The maximum absolute atomic E-state index is 12.5. The summed E-state index contributed by atoms with van der Waals surface area (Å²) in [5, 5.41) is 9.84. The minimum atomic E-state index is -0.145. The number of phenols is 1. The van der Waals surface area contributed by atoms with E-state index in [1.807, 2.05) is 4.90 Å². The lowest BCUT2D eigenvalue weighted by molar-refractivity contribution is -0.136. The molecule has 2 aliphatic rings. The van der Waals surface area contributed by atoms with Gasteiger partial charge in [0.05, 0.1) is 12.1 Å². The maximum Gasteiger partial charge on any atom is 0.257 e. The third kappa shape index (κ3) is 4.12. The second-order valence-corrected chi connectivity index (χ2v) is 7.02. The minimum Gasteiger partial charge on any atom is -0.507 e. The van der Waals surface area contributed by atoms with Gasteiger partial charge in [0, 0.05) is 38.8 Å². The quantitative estimate of drug-likeness (QED) is 0.903. The van der Waals surface area contributed by atoms with Crippen LogP contribution in [0.4, 0.5) is 0 Å². The number of carbonyl (C=O) groups excluding carboxylic acids is 2. The van der Waals surface area contributed by atoms with Gasteiger partial charge in [0.25, 0.3) is 5.91 Å². The van der Waals surface area contributed by atoms with Crippen LogP contribution in [0.15, 0.2) is 24.3 Å². The van der Waals surface area contributed by atoms with Crippen LogP contribution in [0.2, 0.25) is 0 Å². The fourth-order valence-electron chi connectivity index (χ4n) is 3.68. The predicted octanol–water partition coefficient (Wildman–Crippen LogP) is 1.55. The van der Waals surface area contributed by atoms with Crippen molar-refractivity contribution in [1.82, 2.24) is 14.7 Å². The van der Waals surface area contributed by atoms with Crippen molar-refractivity contribution in [3.05, 3.63) is 29.8 Å². The number of rotatable bonds is 3. The van der Waals surface area contributed by atoms with E-state index in [1.54, 1.807) is 23.1 Å². The first-order chi connectivity index (χ1) is 12.1. The number of phenolic OH excluding ortho intramolecular Hbond substituents is 1. The van der Waals surface area contributed by atoms with Gasteiger partial charge in [-0.3, -0.25) is 14.5 Å². The van der Waals surface area contributed by atoms with Gasteiger partial charge in [-0.15, -0.1) is 0 Å². The molecule has 0 aromatic heterocycles. The van der Waals surface area contributed by atoms with Crippen molar-refractivity contribution >= 4 is 11.8 Å². The molecular formula is C19H27N3O3.